The van der Waals surface area contributed by atoms with E-state index in [0.29, 0.717) is 23.1 Å². The molecule has 1 N–H and O–H groups in total. The van der Waals surface area contributed by atoms with Crippen LogP contribution >= 0.6 is 0 Å². The zero-order chi connectivity index (χ0) is 24.5. The Morgan fingerprint density at radius 2 is 1.44 bits per heavy atom. The first-order valence-electron chi connectivity index (χ1n) is 10.9. The monoisotopic (exact) mass is 462 g/mol. The first kappa shape index (κ1) is 24.7. The van der Waals surface area contributed by atoms with Gasteiger partial charge in [0.2, 0.25) is 0 Å². The van der Waals surface area contributed by atoms with Crippen LogP contribution in [0.4, 0.5) is 4.39 Å². The average molecular weight is 463 g/mol. The maximum absolute atomic E-state index is 13.6. The summed E-state index contributed by atoms with van der Waals surface area (Å²) in [7, 11) is 2.69. The zero-order valence-electron chi connectivity index (χ0n) is 19.2. The van der Waals surface area contributed by atoms with Gasteiger partial charge in [0, 0.05) is 5.56 Å². The second kappa shape index (κ2) is 11.8. The topological polar surface area (TPSA) is 72.8 Å². The molecule has 3 aromatic carbocycles. The molecule has 5 nitrogen and oxygen atoms in total. The summed E-state index contributed by atoms with van der Waals surface area (Å²) in [5.41, 5.74) is 3.49. The van der Waals surface area contributed by atoms with Crippen LogP contribution in [-0.2, 0) is 22.3 Å². The molecule has 0 saturated carbocycles. The van der Waals surface area contributed by atoms with Crippen LogP contribution in [0, 0.1) is 11.7 Å². The predicted octanol–water partition coefficient (Wildman–Crippen LogP) is 5.61. The van der Waals surface area contributed by atoms with E-state index in [2.05, 4.69) is 0 Å². The van der Waals surface area contributed by atoms with Gasteiger partial charge in [0.25, 0.3) is 0 Å². The van der Waals surface area contributed by atoms with E-state index in [1.165, 1.54) is 32.4 Å². The van der Waals surface area contributed by atoms with Gasteiger partial charge < -0.3 is 14.6 Å². The number of ether oxygens (including phenoxy) is 2. The Morgan fingerprint density at radius 1 is 0.882 bits per heavy atom. The molecular weight excluding hydrogens is 435 g/mol. The van der Waals surface area contributed by atoms with Crippen LogP contribution in [0.5, 0.6) is 5.75 Å². The number of carbonyl (C=O) groups is 2. The van der Waals surface area contributed by atoms with Crippen molar-refractivity contribution in [3.8, 4) is 5.75 Å². The number of methoxy groups -OCH3 is 2. The summed E-state index contributed by atoms with van der Waals surface area (Å²) in [6, 6.07) is 18.3. The lowest BCUT2D eigenvalue weighted by molar-refractivity contribution is 0.0592. The van der Waals surface area contributed by atoms with Crippen molar-refractivity contribution >= 4 is 18.0 Å². The van der Waals surface area contributed by atoms with Crippen molar-refractivity contribution < 1.29 is 28.6 Å². The number of aryl methyl sites for hydroxylation is 1. The van der Waals surface area contributed by atoms with Crippen LogP contribution in [-0.4, -0.2) is 31.3 Å². The number of phenolic OH excluding ortho intramolecular Hbond substituents is 1. The largest absolute Gasteiger partial charge is 0.507 e. The molecule has 0 aromatic heterocycles. The fourth-order valence-electron chi connectivity index (χ4n) is 3.64. The van der Waals surface area contributed by atoms with Crippen molar-refractivity contribution in [1.82, 2.24) is 0 Å². The fourth-order valence-corrected chi connectivity index (χ4v) is 3.64. The van der Waals surface area contributed by atoms with Crippen LogP contribution < -0.4 is 0 Å². The van der Waals surface area contributed by atoms with Gasteiger partial charge in [-0.1, -0.05) is 36.4 Å². The van der Waals surface area contributed by atoms with Gasteiger partial charge in [0.15, 0.2) is 0 Å². The first-order chi connectivity index (χ1) is 16.4. The van der Waals surface area contributed by atoms with Gasteiger partial charge in [-0.2, -0.15) is 0 Å². The highest BCUT2D eigenvalue weighted by Gasteiger charge is 2.11. The predicted molar refractivity (Wildman–Crippen MR) is 128 cm³/mol. The van der Waals surface area contributed by atoms with Crippen molar-refractivity contribution in [2.75, 3.05) is 14.2 Å². The van der Waals surface area contributed by atoms with Crippen molar-refractivity contribution in [2.45, 2.75) is 19.3 Å². The number of halogens is 1. The molecule has 0 amide bonds. The second-order valence-electron chi connectivity index (χ2n) is 7.94. The minimum Gasteiger partial charge on any atom is -0.507 e. The molecule has 1 unspecified atom stereocenters. The normalized spacial score (nSPS) is 11.9. The molecule has 6 heteroatoms. The second-order valence-corrected chi connectivity index (χ2v) is 7.94. The number of phenols is 1. The van der Waals surface area contributed by atoms with Gasteiger partial charge in [-0.3, -0.25) is 0 Å². The van der Waals surface area contributed by atoms with E-state index in [9.17, 15) is 19.1 Å². The number of rotatable bonds is 9. The Morgan fingerprint density at radius 3 is 2.00 bits per heavy atom. The van der Waals surface area contributed by atoms with Gasteiger partial charge in [-0.05, 0) is 78.8 Å². The fraction of sp³-hybridized carbons (Fsp3) is 0.214. The lowest BCUT2D eigenvalue weighted by Crippen LogP contribution is -2.06. The van der Waals surface area contributed by atoms with E-state index < -0.39 is 5.82 Å². The Hall–Kier alpha value is -3.93. The molecule has 1 atom stereocenters. The van der Waals surface area contributed by atoms with Gasteiger partial charge in [-0.25, -0.2) is 14.0 Å². The molecule has 0 spiro atoms. The number of allylic oxidation sites excluding steroid dienone is 1. The van der Waals surface area contributed by atoms with Gasteiger partial charge >= 0.3 is 11.9 Å². The summed E-state index contributed by atoms with van der Waals surface area (Å²) in [6.07, 6.45) is 5.92. The average Bonchev–Trinajstić information content (AvgIpc) is 2.87. The van der Waals surface area contributed by atoms with Gasteiger partial charge in [0.05, 0.1) is 25.3 Å². The number of benzene rings is 3. The van der Waals surface area contributed by atoms with E-state index in [4.69, 9.17) is 9.47 Å². The van der Waals surface area contributed by atoms with Gasteiger partial charge in [-0.15, -0.1) is 0 Å². The molecule has 0 aliphatic carbocycles. The van der Waals surface area contributed by atoms with Gasteiger partial charge in [0.1, 0.15) is 11.6 Å². The van der Waals surface area contributed by atoms with Crippen LogP contribution in [0.3, 0.4) is 0 Å². The quantitative estimate of drug-likeness (QED) is 0.419. The van der Waals surface area contributed by atoms with Crippen molar-refractivity contribution in [2.24, 2.45) is 5.92 Å². The lowest BCUT2D eigenvalue weighted by Gasteiger charge is -2.14. The molecule has 3 aromatic rings. The molecule has 0 saturated heterocycles. The highest BCUT2D eigenvalue weighted by atomic mass is 19.1. The molecular formula is C28H27FO5. The number of carbonyl (C=O) groups excluding carboxylic acids is 2. The maximum atomic E-state index is 13.6. The Bertz CT molecular complexity index is 1150. The third-order valence-corrected chi connectivity index (χ3v) is 5.59. The Labute approximate surface area is 198 Å². The number of hydrogen-bond acceptors (Lipinski definition) is 5. The van der Waals surface area contributed by atoms with E-state index in [0.717, 1.165) is 24.0 Å². The van der Waals surface area contributed by atoms with E-state index in [1.54, 1.807) is 30.3 Å². The highest BCUT2D eigenvalue weighted by Crippen LogP contribution is 2.23. The van der Waals surface area contributed by atoms with Crippen molar-refractivity contribution in [3.05, 3.63) is 106 Å². The smallest absolute Gasteiger partial charge is 0.337 e. The minimum absolute atomic E-state index is 0.0113. The van der Waals surface area contributed by atoms with E-state index in [1.807, 2.05) is 30.3 Å². The zero-order valence-corrected chi connectivity index (χ0v) is 19.2. The van der Waals surface area contributed by atoms with Crippen LogP contribution in [0.2, 0.25) is 0 Å². The van der Waals surface area contributed by atoms with Crippen LogP contribution in [0.25, 0.3) is 6.08 Å². The summed E-state index contributed by atoms with van der Waals surface area (Å²) < 4.78 is 23.1. The minimum atomic E-state index is -0.418. The summed E-state index contributed by atoms with van der Waals surface area (Å²) in [6.45, 7) is 0. The summed E-state index contributed by atoms with van der Waals surface area (Å²) in [4.78, 5) is 23.3. The third-order valence-electron chi connectivity index (χ3n) is 5.59. The van der Waals surface area contributed by atoms with Crippen molar-refractivity contribution in [1.29, 1.82) is 0 Å². The summed E-state index contributed by atoms with van der Waals surface area (Å²) >= 11 is 0. The molecule has 0 bridgehead atoms. The number of esters is 2. The lowest BCUT2D eigenvalue weighted by atomic mass is 9.91. The number of hydrogen-bond donors (Lipinski definition) is 1. The first-order valence-corrected chi connectivity index (χ1v) is 10.9. The standard InChI is InChI=1S/C28H27FO5/c1-33-27(31)22-10-5-19(6-11-22)3-4-20(9-14-24-18-25(29)15-16-26(24)30)17-21-7-12-23(13-8-21)28(32)34-2/h5-16,18,20,30H,3-4,17H2,1-2H3. The molecule has 0 heterocycles. The molecule has 0 radical (unpaired) electrons. The Balaban J connectivity index is 1.76. The summed E-state index contributed by atoms with van der Waals surface area (Å²) in [5, 5.41) is 10.0. The number of aromatic hydroxyl groups is 1. The molecule has 0 fully saturated rings. The van der Waals surface area contributed by atoms with Crippen LogP contribution in [0.1, 0.15) is 43.8 Å². The summed E-state index contributed by atoms with van der Waals surface area (Å²) in [5.74, 6) is -1.10. The molecule has 3 rings (SSSR count). The maximum Gasteiger partial charge on any atom is 0.337 e. The SMILES string of the molecule is COC(=O)c1ccc(CCC(C=Cc2cc(F)ccc2O)Cc2ccc(C(=O)OC)cc2)cc1. The molecule has 34 heavy (non-hydrogen) atoms. The Kier molecular flexibility index (Phi) is 8.57. The van der Waals surface area contributed by atoms with E-state index >= 15 is 0 Å². The third kappa shape index (κ3) is 6.78. The van der Waals surface area contributed by atoms with E-state index in [-0.39, 0.29) is 23.6 Å². The highest BCUT2D eigenvalue weighted by molar-refractivity contribution is 5.89. The molecule has 176 valence electrons. The van der Waals surface area contributed by atoms with Crippen LogP contribution in [0.15, 0.2) is 72.8 Å². The molecule has 0 aliphatic rings. The van der Waals surface area contributed by atoms with Crippen molar-refractivity contribution in [3.63, 3.8) is 0 Å². The molecule has 0 aliphatic heterocycles.